The SMILES string of the molecule is Cc1cc(Oc2ccc(Br)cc2C(C)O)cc(C)c1Cl. The molecule has 0 spiro atoms. The topological polar surface area (TPSA) is 29.5 Å². The van der Waals surface area contributed by atoms with Crippen LogP contribution in [0.1, 0.15) is 29.7 Å². The minimum Gasteiger partial charge on any atom is -0.457 e. The van der Waals surface area contributed by atoms with Gasteiger partial charge in [-0.25, -0.2) is 0 Å². The van der Waals surface area contributed by atoms with Gasteiger partial charge in [-0.2, -0.15) is 0 Å². The molecule has 0 heterocycles. The standard InChI is InChI=1S/C16H16BrClO2/c1-9-6-13(7-10(2)16(9)18)20-15-5-4-12(17)8-14(15)11(3)19/h4-8,11,19H,1-3H3. The average molecular weight is 356 g/mol. The van der Waals surface area contributed by atoms with Crippen LogP contribution in [0, 0.1) is 13.8 Å². The highest BCUT2D eigenvalue weighted by Crippen LogP contribution is 2.34. The van der Waals surface area contributed by atoms with Crippen molar-refractivity contribution in [3.05, 3.63) is 56.5 Å². The number of halogens is 2. The van der Waals surface area contributed by atoms with E-state index in [1.165, 1.54) is 0 Å². The van der Waals surface area contributed by atoms with E-state index in [9.17, 15) is 5.11 Å². The molecule has 0 aromatic heterocycles. The molecule has 0 saturated heterocycles. The minimum atomic E-state index is -0.600. The van der Waals surface area contributed by atoms with Crippen molar-refractivity contribution < 1.29 is 9.84 Å². The van der Waals surface area contributed by atoms with Gasteiger partial charge in [-0.3, -0.25) is 0 Å². The zero-order valence-corrected chi connectivity index (χ0v) is 13.9. The Labute approximate surface area is 132 Å². The molecule has 20 heavy (non-hydrogen) atoms. The molecule has 0 saturated carbocycles. The summed E-state index contributed by atoms with van der Waals surface area (Å²) in [5, 5.41) is 10.6. The van der Waals surface area contributed by atoms with Crippen LogP contribution in [0.25, 0.3) is 0 Å². The molecule has 106 valence electrons. The molecule has 1 atom stereocenters. The highest BCUT2D eigenvalue weighted by atomic mass is 79.9. The van der Waals surface area contributed by atoms with Crippen LogP contribution >= 0.6 is 27.5 Å². The maximum absolute atomic E-state index is 9.84. The highest BCUT2D eigenvalue weighted by Gasteiger charge is 2.12. The molecule has 2 aromatic rings. The molecule has 0 bridgehead atoms. The predicted octanol–water partition coefficient (Wildman–Crippen LogP) is 5.56. The van der Waals surface area contributed by atoms with Gasteiger partial charge in [0.25, 0.3) is 0 Å². The molecule has 0 aliphatic rings. The van der Waals surface area contributed by atoms with E-state index in [-0.39, 0.29) is 0 Å². The number of aryl methyl sites for hydroxylation is 2. The summed E-state index contributed by atoms with van der Waals surface area (Å²) in [7, 11) is 0. The normalized spacial score (nSPS) is 12.3. The Hall–Kier alpha value is -1.03. The molecular formula is C16H16BrClO2. The fraction of sp³-hybridized carbons (Fsp3) is 0.250. The van der Waals surface area contributed by atoms with Crippen molar-refractivity contribution in [1.82, 2.24) is 0 Å². The molecule has 0 fully saturated rings. The largest absolute Gasteiger partial charge is 0.457 e. The van der Waals surface area contributed by atoms with Crippen LogP contribution in [-0.4, -0.2) is 5.11 Å². The van der Waals surface area contributed by atoms with E-state index in [0.717, 1.165) is 26.2 Å². The summed E-state index contributed by atoms with van der Waals surface area (Å²) in [6.07, 6.45) is -0.600. The van der Waals surface area contributed by atoms with Crippen LogP contribution in [0.2, 0.25) is 5.02 Å². The minimum absolute atomic E-state index is 0.600. The van der Waals surface area contributed by atoms with Crippen LogP contribution in [0.4, 0.5) is 0 Å². The van der Waals surface area contributed by atoms with Crippen LogP contribution in [0.3, 0.4) is 0 Å². The van der Waals surface area contributed by atoms with Crippen molar-refractivity contribution in [3.63, 3.8) is 0 Å². The second kappa shape index (κ2) is 6.17. The summed E-state index contributed by atoms with van der Waals surface area (Å²) in [5.74, 6) is 1.36. The van der Waals surface area contributed by atoms with Gasteiger partial charge >= 0.3 is 0 Å². The van der Waals surface area contributed by atoms with Crippen molar-refractivity contribution in [2.24, 2.45) is 0 Å². The Bertz CT molecular complexity index is 615. The van der Waals surface area contributed by atoms with Crippen molar-refractivity contribution in [2.45, 2.75) is 26.9 Å². The first-order valence-electron chi connectivity index (χ1n) is 6.30. The van der Waals surface area contributed by atoms with Gasteiger partial charge < -0.3 is 9.84 Å². The molecular weight excluding hydrogens is 340 g/mol. The van der Waals surface area contributed by atoms with Crippen molar-refractivity contribution in [1.29, 1.82) is 0 Å². The first-order chi connectivity index (χ1) is 9.38. The average Bonchev–Trinajstić information content (AvgIpc) is 2.37. The second-order valence-corrected chi connectivity index (χ2v) is 6.12. The summed E-state index contributed by atoms with van der Waals surface area (Å²) in [5.41, 5.74) is 2.68. The molecule has 0 amide bonds. The van der Waals surface area contributed by atoms with Gasteiger partial charge in [0.15, 0.2) is 0 Å². The van der Waals surface area contributed by atoms with Gasteiger partial charge in [0.1, 0.15) is 11.5 Å². The highest BCUT2D eigenvalue weighted by molar-refractivity contribution is 9.10. The molecule has 2 rings (SSSR count). The fourth-order valence-electron chi connectivity index (χ4n) is 2.03. The fourth-order valence-corrected chi connectivity index (χ4v) is 2.52. The van der Waals surface area contributed by atoms with E-state index in [1.54, 1.807) is 6.92 Å². The van der Waals surface area contributed by atoms with E-state index in [0.29, 0.717) is 11.5 Å². The lowest BCUT2D eigenvalue weighted by Gasteiger charge is -2.15. The zero-order chi connectivity index (χ0) is 14.9. The van der Waals surface area contributed by atoms with E-state index < -0.39 is 6.10 Å². The molecule has 4 heteroatoms. The second-order valence-electron chi connectivity index (χ2n) is 4.83. The third-order valence-electron chi connectivity index (χ3n) is 3.06. The molecule has 2 aromatic carbocycles. The molecule has 1 N–H and O–H groups in total. The van der Waals surface area contributed by atoms with Crippen LogP contribution in [0.15, 0.2) is 34.8 Å². The monoisotopic (exact) mass is 354 g/mol. The maximum Gasteiger partial charge on any atom is 0.133 e. The first-order valence-corrected chi connectivity index (χ1v) is 7.47. The summed E-state index contributed by atoms with van der Waals surface area (Å²) in [4.78, 5) is 0. The summed E-state index contributed by atoms with van der Waals surface area (Å²) < 4.78 is 6.81. The van der Waals surface area contributed by atoms with Gasteiger partial charge in [0, 0.05) is 15.1 Å². The molecule has 2 nitrogen and oxygen atoms in total. The number of hydrogen-bond donors (Lipinski definition) is 1. The van der Waals surface area contributed by atoms with Gasteiger partial charge in [0.2, 0.25) is 0 Å². The van der Waals surface area contributed by atoms with Crippen LogP contribution in [-0.2, 0) is 0 Å². The lowest BCUT2D eigenvalue weighted by molar-refractivity contribution is 0.195. The Morgan fingerprint density at radius 2 is 1.75 bits per heavy atom. The Balaban J connectivity index is 2.40. The lowest BCUT2D eigenvalue weighted by Crippen LogP contribution is -1.97. The number of rotatable bonds is 3. The zero-order valence-electron chi connectivity index (χ0n) is 11.6. The van der Waals surface area contributed by atoms with Crippen LogP contribution in [0.5, 0.6) is 11.5 Å². The van der Waals surface area contributed by atoms with Gasteiger partial charge in [-0.15, -0.1) is 0 Å². The number of ether oxygens (including phenoxy) is 1. The molecule has 0 aliphatic carbocycles. The van der Waals surface area contributed by atoms with E-state index in [4.69, 9.17) is 16.3 Å². The molecule has 0 aliphatic heterocycles. The van der Waals surface area contributed by atoms with Crippen LogP contribution < -0.4 is 4.74 Å². The van der Waals surface area contributed by atoms with Crippen molar-refractivity contribution in [2.75, 3.05) is 0 Å². The molecule has 1 unspecified atom stereocenters. The number of aliphatic hydroxyl groups excluding tert-OH is 1. The molecule has 0 radical (unpaired) electrons. The van der Waals surface area contributed by atoms with Crippen molar-refractivity contribution >= 4 is 27.5 Å². The summed E-state index contributed by atoms with van der Waals surface area (Å²) in [6.45, 7) is 5.60. The van der Waals surface area contributed by atoms with Gasteiger partial charge in [-0.1, -0.05) is 27.5 Å². The predicted molar refractivity (Wildman–Crippen MR) is 85.8 cm³/mol. The first kappa shape index (κ1) is 15.4. The Morgan fingerprint density at radius 3 is 2.30 bits per heavy atom. The maximum atomic E-state index is 9.84. The van der Waals surface area contributed by atoms with E-state index in [1.807, 2.05) is 44.2 Å². The Kier molecular flexibility index (Phi) is 4.74. The van der Waals surface area contributed by atoms with E-state index in [2.05, 4.69) is 15.9 Å². The summed E-state index contributed by atoms with van der Waals surface area (Å²) >= 11 is 9.55. The van der Waals surface area contributed by atoms with Gasteiger partial charge in [-0.05, 0) is 62.2 Å². The number of benzene rings is 2. The van der Waals surface area contributed by atoms with E-state index >= 15 is 0 Å². The van der Waals surface area contributed by atoms with Crippen molar-refractivity contribution in [3.8, 4) is 11.5 Å². The third-order valence-corrected chi connectivity index (χ3v) is 4.15. The Morgan fingerprint density at radius 1 is 1.15 bits per heavy atom. The smallest absolute Gasteiger partial charge is 0.133 e. The number of hydrogen-bond acceptors (Lipinski definition) is 2. The number of aliphatic hydroxyl groups is 1. The van der Waals surface area contributed by atoms with Gasteiger partial charge in [0.05, 0.1) is 6.10 Å². The third kappa shape index (κ3) is 3.35. The summed E-state index contributed by atoms with van der Waals surface area (Å²) in [6, 6.07) is 9.37. The lowest BCUT2D eigenvalue weighted by atomic mass is 10.1. The quantitative estimate of drug-likeness (QED) is 0.780.